The molecule has 0 radical (unpaired) electrons. The fourth-order valence-corrected chi connectivity index (χ4v) is 3.61. The van der Waals surface area contributed by atoms with Crippen LogP contribution in [0.1, 0.15) is 0 Å². The minimum absolute atomic E-state index is 0.0959. The van der Waals surface area contributed by atoms with E-state index in [-0.39, 0.29) is 5.75 Å². The number of hydrogen-bond donors (Lipinski definition) is 1. The Morgan fingerprint density at radius 1 is 1.23 bits per heavy atom. The van der Waals surface area contributed by atoms with Gasteiger partial charge in [0.2, 0.25) is 0 Å². The van der Waals surface area contributed by atoms with Crippen LogP contribution in [0.25, 0.3) is 0 Å². The molecule has 1 fully saturated rings. The van der Waals surface area contributed by atoms with Gasteiger partial charge in [-0.05, 0) is 12.1 Å². The molecular formula is C17H19ClN4O3S. The Kier molecular flexibility index (Phi) is 6.05. The van der Waals surface area contributed by atoms with Gasteiger partial charge in [-0.1, -0.05) is 35.5 Å². The van der Waals surface area contributed by atoms with Crippen molar-refractivity contribution in [3.05, 3.63) is 35.5 Å². The molecule has 1 aromatic heterocycles. The number of para-hydroxylation sites is 2. The van der Waals surface area contributed by atoms with E-state index >= 15 is 0 Å². The molecular weight excluding hydrogens is 376 g/mol. The molecule has 0 atom stereocenters. The van der Waals surface area contributed by atoms with Crippen LogP contribution in [-0.2, 0) is 4.79 Å². The lowest BCUT2D eigenvalue weighted by Crippen LogP contribution is -2.47. The maximum absolute atomic E-state index is 10.7. The maximum Gasteiger partial charge on any atom is 0.313 e. The first-order valence-corrected chi connectivity index (χ1v) is 9.45. The number of rotatable bonds is 6. The van der Waals surface area contributed by atoms with Crippen molar-refractivity contribution in [1.29, 1.82) is 0 Å². The molecule has 0 amide bonds. The highest BCUT2D eigenvalue weighted by Crippen LogP contribution is 2.29. The molecule has 9 heteroatoms. The van der Waals surface area contributed by atoms with E-state index in [0.29, 0.717) is 10.3 Å². The van der Waals surface area contributed by atoms with Gasteiger partial charge in [0, 0.05) is 32.2 Å². The molecule has 1 N–H and O–H groups in total. The molecule has 26 heavy (non-hydrogen) atoms. The van der Waals surface area contributed by atoms with Crippen LogP contribution in [-0.4, -0.2) is 60.1 Å². The van der Waals surface area contributed by atoms with E-state index in [9.17, 15) is 4.79 Å². The molecule has 0 saturated carbocycles. The lowest BCUT2D eigenvalue weighted by atomic mass is 10.2. The van der Waals surface area contributed by atoms with Crippen molar-refractivity contribution in [3.63, 3.8) is 0 Å². The van der Waals surface area contributed by atoms with E-state index in [0.717, 1.165) is 55.2 Å². The van der Waals surface area contributed by atoms with Gasteiger partial charge in [0.1, 0.15) is 16.7 Å². The number of methoxy groups -OCH3 is 1. The lowest BCUT2D eigenvalue weighted by Gasteiger charge is -2.37. The van der Waals surface area contributed by atoms with Gasteiger partial charge in [-0.3, -0.25) is 4.79 Å². The third kappa shape index (κ3) is 4.50. The van der Waals surface area contributed by atoms with Gasteiger partial charge in [-0.2, -0.15) is 0 Å². The number of nitrogens with zero attached hydrogens (tertiary/aromatic N) is 4. The number of carbonyl (C=O) groups is 1. The average Bonchev–Trinajstić information content (AvgIpc) is 2.66. The zero-order chi connectivity index (χ0) is 18.5. The summed E-state index contributed by atoms with van der Waals surface area (Å²) in [5.74, 6) is 0.572. The van der Waals surface area contributed by atoms with Gasteiger partial charge in [0.25, 0.3) is 0 Å². The quantitative estimate of drug-likeness (QED) is 0.455. The van der Waals surface area contributed by atoms with Gasteiger partial charge in [-0.25, -0.2) is 9.97 Å². The van der Waals surface area contributed by atoms with Crippen molar-refractivity contribution in [2.75, 3.05) is 48.8 Å². The van der Waals surface area contributed by atoms with E-state index in [4.69, 9.17) is 21.4 Å². The SMILES string of the molecule is COc1ccccc1N1CCN(c2cc(Cl)nc(SCC(=O)O)n2)CC1. The Morgan fingerprint density at radius 2 is 1.92 bits per heavy atom. The fourth-order valence-electron chi connectivity index (χ4n) is 2.81. The summed E-state index contributed by atoms with van der Waals surface area (Å²) in [5, 5.41) is 9.50. The highest BCUT2D eigenvalue weighted by molar-refractivity contribution is 7.99. The minimum Gasteiger partial charge on any atom is -0.495 e. The van der Waals surface area contributed by atoms with Crippen LogP contribution in [0.4, 0.5) is 11.5 Å². The van der Waals surface area contributed by atoms with E-state index in [1.54, 1.807) is 13.2 Å². The number of carboxylic acid groups (broad SMARTS) is 1. The number of aliphatic carboxylic acids is 1. The number of carboxylic acids is 1. The van der Waals surface area contributed by atoms with E-state index in [2.05, 4.69) is 25.8 Å². The Morgan fingerprint density at radius 3 is 2.62 bits per heavy atom. The number of halogens is 1. The topological polar surface area (TPSA) is 78.8 Å². The molecule has 0 unspecified atom stereocenters. The predicted octanol–water partition coefficient (Wildman–Crippen LogP) is 2.64. The van der Waals surface area contributed by atoms with Crippen molar-refractivity contribution in [2.24, 2.45) is 0 Å². The Bertz CT molecular complexity index is 784. The van der Waals surface area contributed by atoms with E-state index in [1.165, 1.54) is 0 Å². The average molecular weight is 395 g/mol. The molecule has 2 heterocycles. The van der Waals surface area contributed by atoms with Crippen molar-refractivity contribution >= 4 is 40.8 Å². The largest absolute Gasteiger partial charge is 0.495 e. The summed E-state index contributed by atoms with van der Waals surface area (Å²) in [6.45, 7) is 3.18. The van der Waals surface area contributed by atoms with Gasteiger partial charge in [0.05, 0.1) is 18.6 Å². The number of thioether (sulfide) groups is 1. The molecule has 1 aromatic carbocycles. The van der Waals surface area contributed by atoms with Crippen LogP contribution in [0.5, 0.6) is 5.75 Å². The van der Waals surface area contributed by atoms with Crippen LogP contribution >= 0.6 is 23.4 Å². The summed E-state index contributed by atoms with van der Waals surface area (Å²) in [5.41, 5.74) is 1.08. The van der Waals surface area contributed by atoms with Gasteiger partial charge in [-0.15, -0.1) is 0 Å². The Labute approximate surface area is 160 Å². The number of ether oxygens (including phenoxy) is 1. The molecule has 3 rings (SSSR count). The lowest BCUT2D eigenvalue weighted by molar-refractivity contribution is -0.133. The zero-order valence-electron chi connectivity index (χ0n) is 14.3. The maximum atomic E-state index is 10.7. The molecule has 0 bridgehead atoms. The second-order valence-corrected chi connectivity index (χ2v) is 6.99. The normalized spacial score (nSPS) is 14.4. The molecule has 0 aliphatic carbocycles. The van der Waals surface area contributed by atoms with Crippen molar-refractivity contribution in [1.82, 2.24) is 9.97 Å². The van der Waals surface area contributed by atoms with Gasteiger partial charge in [0.15, 0.2) is 5.16 Å². The summed E-state index contributed by atoms with van der Waals surface area (Å²) in [6.07, 6.45) is 0. The number of piperazine rings is 1. The highest BCUT2D eigenvalue weighted by Gasteiger charge is 2.21. The fraction of sp³-hybridized carbons (Fsp3) is 0.353. The number of hydrogen-bond acceptors (Lipinski definition) is 7. The highest BCUT2D eigenvalue weighted by atomic mass is 35.5. The standard InChI is InChI=1S/C17H19ClN4O3S/c1-25-13-5-3-2-4-12(13)21-6-8-22(9-7-21)15-10-14(18)19-17(20-15)26-11-16(23)24/h2-5,10H,6-9,11H2,1H3,(H,23,24). The van der Waals surface area contributed by atoms with Gasteiger partial charge < -0.3 is 19.6 Å². The summed E-state index contributed by atoms with van der Waals surface area (Å²) in [7, 11) is 1.67. The minimum atomic E-state index is -0.912. The molecule has 1 saturated heterocycles. The molecule has 1 aliphatic rings. The number of aromatic nitrogens is 2. The molecule has 1 aliphatic heterocycles. The molecule has 7 nitrogen and oxygen atoms in total. The second kappa shape index (κ2) is 8.46. The van der Waals surface area contributed by atoms with Crippen LogP contribution in [0.15, 0.2) is 35.5 Å². The summed E-state index contributed by atoms with van der Waals surface area (Å²) in [4.78, 5) is 23.7. The van der Waals surface area contributed by atoms with Crippen molar-refractivity contribution < 1.29 is 14.6 Å². The Balaban J connectivity index is 1.69. The number of anilines is 2. The molecule has 138 valence electrons. The third-order valence-corrected chi connectivity index (χ3v) is 5.04. The first-order chi connectivity index (χ1) is 12.6. The zero-order valence-corrected chi connectivity index (χ0v) is 15.8. The summed E-state index contributed by atoms with van der Waals surface area (Å²) < 4.78 is 5.44. The van der Waals surface area contributed by atoms with E-state index < -0.39 is 5.97 Å². The predicted molar refractivity (Wildman–Crippen MR) is 103 cm³/mol. The van der Waals surface area contributed by atoms with Crippen LogP contribution < -0.4 is 14.5 Å². The first-order valence-electron chi connectivity index (χ1n) is 8.09. The second-order valence-electron chi connectivity index (χ2n) is 5.66. The van der Waals surface area contributed by atoms with Crippen molar-refractivity contribution in [2.45, 2.75) is 5.16 Å². The third-order valence-electron chi connectivity index (χ3n) is 4.02. The van der Waals surface area contributed by atoms with Gasteiger partial charge >= 0.3 is 5.97 Å². The number of benzene rings is 1. The van der Waals surface area contributed by atoms with E-state index in [1.807, 2.05) is 18.2 Å². The van der Waals surface area contributed by atoms with Crippen LogP contribution in [0.3, 0.4) is 0 Å². The molecule has 2 aromatic rings. The Hall–Kier alpha value is -2.19. The van der Waals surface area contributed by atoms with Crippen LogP contribution in [0, 0.1) is 0 Å². The summed E-state index contributed by atoms with van der Waals surface area (Å²) in [6, 6.07) is 9.68. The van der Waals surface area contributed by atoms with Crippen LogP contribution in [0.2, 0.25) is 5.15 Å². The van der Waals surface area contributed by atoms with Crippen molar-refractivity contribution in [3.8, 4) is 5.75 Å². The molecule has 0 spiro atoms. The smallest absolute Gasteiger partial charge is 0.313 e. The monoisotopic (exact) mass is 394 g/mol. The first kappa shape index (κ1) is 18.6. The summed E-state index contributed by atoms with van der Waals surface area (Å²) >= 11 is 7.15.